The molecule has 1 aromatic carbocycles. The van der Waals surface area contributed by atoms with Gasteiger partial charge in [-0.3, -0.25) is 9.48 Å². The lowest BCUT2D eigenvalue weighted by molar-refractivity contribution is -0.121. The van der Waals surface area contributed by atoms with Crippen LogP contribution in [0.3, 0.4) is 0 Å². The molecule has 27 heavy (non-hydrogen) atoms. The van der Waals surface area contributed by atoms with Crippen LogP contribution in [-0.2, 0) is 24.8 Å². The Morgan fingerprint density at radius 3 is 2.56 bits per heavy atom. The lowest BCUT2D eigenvalue weighted by Gasteiger charge is -2.11. The number of hydrogen-bond acceptors (Lipinski definition) is 3. The molecule has 0 atom stereocenters. The van der Waals surface area contributed by atoms with Crippen molar-refractivity contribution in [3.05, 3.63) is 59.2 Å². The highest BCUT2D eigenvalue weighted by atomic mass is 16.1. The molecule has 6 nitrogen and oxygen atoms in total. The van der Waals surface area contributed by atoms with E-state index < -0.39 is 0 Å². The number of aryl methyl sites for hydroxylation is 3. The summed E-state index contributed by atoms with van der Waals surface area (Å²) in [7, 11) is 1.93. The lowest BCUT2D eigenvalue weighted by atomic mass is 10.1. The SMILES string of the molecule is Cc1nn(C)c(C)c1CCC(=O)NCCn1c(C)cnc1-c1ccccc1. The number of nitrogens with zero attached hydrogens (tertiary/aromatic N) is 4. The Bertz CT molecular complexity index is 924. The van der Waals surface area contributed by atoms with Gasteiger partial charge in [0.05, 0.1) is 5.69 Å². The van der Waals surface area contributed by atoms with E-state index in [2.05, 4.69) is 32.1 Å². The molecule has 0 aliphatic rings. The zero-order valence-electron chi connectivity index (χ0n) is 16.5. The van der Waals surface area contributed by atoms with Gasteiger partial charge in [-0.2, -0.15) is 5.10 Å². The molecule has 0 fully saturated rings. The minimum absolute atomic E-state index is 0.0664. The number of nitrogens with one attached hydrogen (secondary N) is 1. The van der Waals surface area contributed by atoms with E-state index in [1.165, 1.54) is 5.56 Å². The number of rotatable bonds is 7. The number of aromatic nitrogens is 4. The fourth-order valence-electron chi connectivity index (χ4n) is 3.37. The molecule has 0 bridgehead atoms. The van der Waals surface area contributed by atoms with Crippen LogP contribution in [0.25, 0.3) is 11.4 Å². The largest absolute Gasteiger partial charge is 0.354 e. The van der Waals surface area contributed by atoms with Crippen molar-refractivity contribution >= 4 is 5.91 Å². The molecule has 0 spiro atoms. The third-order valence-corrected chi connectivity index (χ3v) is 5.01. The van der Waals surface area contributed by atoms with Crippen molar-refractivity contribution in [2.45, 2.75) is 40.2 Å². The number of imidazole rings is 1. The molecule has 3 aromatic rings. The van der Waals surface area contributed by atoms with Gasteiger partial charge in [-0.15, -0.1) is 0 Å². The van der Waals surface area contributed by atoms with Gasteiger partial charge >= 0.3 is 0 Å². The normalized spacial score (nSPS) is 11.0. The third kappa shape index (κ3) is 4.27. The van der Waals surface area contributed by atoms with Gasteiger partial charge in [-0.05, 0) is 32.8 Å². The van der Waals surface area contributed by atoms with Crippen molar-refractivity contribution in [2.24, 2.45) is 7.05 Å². The zero-order chi connectivity index (χ0) is 19.4. The highest BCUT2D eigenvalue weighted by Crippen LogP contribution is 2.19. The first-order valence-electron chi connectivity index (χ1n) is 9.30. The van der Waals surface area contributed by atoms with Crippen molar-refractivity contribution in [3.8, 4) is 11.4 Å². The molecule has 0 unspecified atom stereocenters. The highest BCUT2D eigenvalue weighted by molar-refractivity contribution is 5.76. The maximum absolute atomic E-state index is 12.3. The summed E-state index contributed by atoms with van der Waals surface area (Å²) in [5.41, 5.74) is 5.47. The second-order valence-electron chi connectivity index (χ2n) is 6.86. The maximum Gasteiger partial charge on any atom is 0.220 e. The van der Waals surface area contributed by atoms with Crippen LogP contribution < -0.4 is 5.32 Å². The molecule has 142 valence electrons. The number of carbonyl (C=O) groups excluding carboxylic acids is 1. The summed E-state index contributed by atoms with van der Waals surface area (Å²) in [6.45, 7) is 7.36. The molecule has 1 N–H and O–H groups in total. The second kappa shape index (κ2) is 8.20. The van der Waals surface area contributed by atoms with Crippen molar-refractivity contribution < 1.29 is 4.79 Å². The van der Waals surface area contributed by atoms with Gasteiger partial charge < -0.3 is 9.88 Å². The topological polar surface area (TPSA) is 64.7 Å². The quantitative estimate of drug-likeness (QED) is 0.700. The monoisotopic (exact) mass is 365 g/mol. The van der Waals surface area contributed by atoms with Crippen LogP contribution in [0, 0.1) is 20.8 Å². The predicted molar refractivity (Wildman–Crippen MR) is 106 cm³/mol. The van der Waals surface area contributed by atoms with Gasteiger partial charge in [0.25, 0.3) is 0 Å². The van der Waals surface area contributed by atoms with E-state index in [4.69, 9.17) is 0 Å². The van der Waals surface area contributed by atoms with Crippen LogP contribution >= 0.6 is 0 Å². The minimum atomic E-state index is 0.0664. The average molecular weight is 365 g/mol. The summed E-state index contributed by atoms with van der Waals surface area (Å²) in [6, 6.07) is 10.1. The summed E-state index contributed by atoms with van der Waals surface area (Å²) in [5.74, 6) is 1.00. The van der Waals surface area contributed by atoms with Crippen LogP contribution in [0.1, 0.15) is 29.1 Å². The molecular weight excluding hydrogens is 338 g/mol. The molecule has 0 aliphatic carbocycles. The first kappa shape index (κ1) is 18.9. The molecule has 0 aliphatic heterocycles. The van der Waals surface area contributed by atoms with Gasteiger partial charge in [0.15, 0.2) is 0 Å². The third-order valence-electron chi connectivity index (χ3n) is 5.01. The number of carbonyl (C=O) groups is 1. The van der Waals surface area contributed by atoms with E-state index in [9.17, 15) is 4.79 Å². The molecular formula is C21H27N5O. The Balaban J connectivity index is 1.54. The first-order valence-corrected chi connectivity index (χ1v) is 9.30. The van der Waals surface area contributed by atoms with E-state index in [1.54, 1.807) is 0 Å². The van der Waals surface area contributed by atoms with E-state index in [0.717, 1.165) is 34.9 Å². The summed E-state index contributed by atoms with van der Waals surface area (Å²) in [4.78, 5) is 16.8. The van der Waals surface area contributed by atoms with E-state index >= 15 is 0 Å². The fourth-order valence-corrected chi connectivity index (χ4v) is 3.37. The van der Waals surface area contributed by atoms with Crippen molar-refractivity contribution in [2.75, 3.05) is 6.54 Å². The van der Waals surface area contributed by atoms with Gasteiger partial charge in [0.1, 0.15) is 5.82 Å². The molecule has 0 saturated carbocycles. The van der Waals surface area contributed by atoms with Crippen LogP contribution in [0.5, 0.6) is 0 Å². The molecule has 6 heteroatoms. The van der Waals surface area contributed by atoms with Crippen LogP contribution in [-0.4, -0.2) is 31.8 Å². The lowest BCUT2D eigenvalue weighted by Crippen LogP contribution is -2.28. The highest BCUT2D eigenvalue weighted by Gasteiger charge is 2.12. The minimum Gasteiger partial charge on any atom is -0.354 e. The molecule has 3 rings (SSSR count). The van der Waals surface area contributed by atoms with Gasteiger partial charge in [-0.1, -0.05) is 30.3 Å². The van der Waals surface area contributed by atoms with E-state index in [-0.39, 0.29) is 5.91 Å². The standard InChI is InChI=1S/C21H27N5O/c1-15-14-23-21(18-8-6-5-7-9-18)26(15)13-12-22-20(27)11-10-19-16(2)24-25(4)17(19)3/h5-9,14H,10-13H2,1-4H3,(H,22,27). The Morgan fingerprint density at radius 2 is 1.89 bits per heavy atom. The summed E-state index contributed by atoms with van der Waals surface area (Å²) < 4.78 is 4.01. The van der Waals surface area contributed by atoms with Gasteiger partial charge in [-0.25, -0.2) is 4.98 Å². The van der Waals surface area contributed by atoms with Crippen LogP contribution in [0.15, 0.2) is 36.5 Å². The summed E-state index contributed by atoms with van der Waals surface area (Å²) in [5, 5.41) is 7.44. The fraction of sp³-hybridized carbons (Fsp3) is 0.381. The molecule has 2 aromatic heterocycles. The summed E-state index contributed by atoms with van der Waals surface area (Å²) in [6.07, 6.45) is 3.07. The van der Waals surface area contributed by atoms with E-state index in [0.29, 0.717) is 19.5 Å². The maximum atomic E-state index is 12.3. The Kier molecular flexibility index (Phi) is 5.74. The molecule has 0 saturated heterocycles. The van der Waals surface area contributed by atoms with E-state index in [1.807, 2.05) is 56.9 Å². The Morgan fingerprint density at radius 1 is 1.15 bits per heavy atom. The Labute approximate surface area is 160 Å². The zero-order valence-corrected chi connectivity index (χ0v) is 16.5. The number of hydrogen-bond donors (Lipinski definition) is 1. The molecule has 2 heterocycles. The number of amides is 1. The predicted octanol–water partition coefficient (Wildman–Crippen LogP) is 2.96. The van der Waals surface area contributed by atoms with Gasteiger partial charge in [0.2, 0.25) is 5.91 Å². The average Bonchev–Trinajstić information content (AvgIpc) is 3.14. The summed E-state index contributed by atoms with van der Waals surface area (Å²) >= 11 is 0. The van der Waals surface area contributed by atoms with Gasteiger partial charge in [0, 0.05) is 49.7 Å². The molecule has 1 amide bonds. The molecule has 0 radical (unpaired) electrons. The Hall–Kier alpha value is -2.89. The van der Waals surface area contributed by atoms with Crippen molar-refractivity contribution in [1.29, 1.82) is 0 Å². The van der Waals surface area contributed by atoms with Crippen LogP contribution in [0.2, 0.25) is 0 Å². The number of benzene rings is 1. The first-order chi connectivity index (χ1) is 13.0. The van der Waals surface area contributed by atoms with Crippen molar-refractivity contribution in [3.63, 3.8) is 0 Å². The second-order valence-corrected chi connectivity index (χ2v) is 6.86. The van der Waals surface area contributed by atoms with Crippen molar-refractivity contribution in [1.82, 2.24) is 24.6 Å². The smallest absolute Gasteiger partial charge is 0.220 e. The van der Waals surface area contributed by atoms with Crippen LogP contribution in [0.4, 0.5) is 0 Å².